The molecule has 3 heteroatoms. The summed E-state index contributed by atoms with van der Waals surface area (Å²) in [5.74, 6) is 1.03. The highest BCUT2D eigenvalue weighted by Crippen LogP contribution is 2.54. The van der Waals surface area contributed by atoms with Crippen molar-refractivity contribution in [2.24, 2.45) is 0 Å². The third-order valence-corrected chi connectivity index (χ3v) is 8.15. The highest BCUT2D eigenvalue weighted by molar-refractivity contribution is 6.08. The van der Waals surface area contributed by atoms with Crippen molar-refractivity contribution in [2.45, 2.75) is 39.9 Å². The first kappa shape index (κ1) is 22.8. The molecule has 186 valence electrons. The lowest BCUT2D eigenvalue weighted by molar-refractivity contribution is 0.606. The van der Waals surface area contributed by atoms with E-state index in [0.717, 1.165) is 5.82 Å². The molecule has 1 aromatic heterocycles. The zero-order valence-corrected chi connectivity index (χ0v) is 22.3. The lowest BCUT2D eigenvalue weighted by atomic mass is 9.79. The van der Waals surface area contributed by atoms with E-state index in [2.05, 4.69) is 135 Å². The van der Waals surface area contributed by atoms with E-state index in [-0.39, 0.29) is 6.17 Å². The van der Waals surface area contributed by atoms with Gasteiger partial charge in [-0.3, -0.25) is 0 Å². The largest absolute Gasteiger partial charge is 0.346 e. The highest BCUT2D eigenvalue weighted by atomic mass is 15.4. The zero-order valence-electron chi connectivity index (χ0n) is 22.3. The molecule has 38 heavy (non-hydrogen) atoms. The van der Waals surface area contributed by atoms with Crippen LogP contribution in [0.15, 0.2) is 103 Å². The summed E-state index contributed by atoms with van der Waals surface area (Å²) in [4.78, 5) is 9.91. The summed E-state index contributed by atoms with van der Waals surface area (Å²) in [6.45, 7) is 9.08. The Morgan fingerprint density at radius 3 is 1.74 bits per heavy atom. The third-order valence-electron chi connectivity index (χ3n) is 8.15. The maximum atomic E-state index is 4.95. The number of fused-ring (bicyclic) bond motifs is 9. The van der Waals surface area contributed by atoms with Crippen molar-refractivity contribution in [3.8, 4) is 44.5 Å². The number of hydrogen-bond donors (Lipinski definition) is 0. The molecule has 7 rings (SSSR count). The molecule has 2 aliphatic rings. The Kier molecular flexibility index (Phi) is 5.16. The lowest BCUT2D eigenvalue weighted by Crippen LogP contribution is -2.42. The molecule has 2 heterocycles. The topological polar surface area (TPSA) is 19.4 Å². The van der Waals surface area contributed by atoms with Gasteiger partial charge in [-0.1, -0.05) is 84.9 Å². The maximum absolute atomic E-state index is 4.95. The van der Waals surface area contributed by atoms with Crippen LogP contribution in [0.4, 0.5) is 17.2 Å². The van der Waals surface area contributed by atoms with Gasteiger partial charge in [0.1, 0.15) is 6.17 Å². The summed E-state index contributed by atoms with van der Waals surface area (Å²) in [5, 5.41) is 0. The van der Waals surface area contributed by atoms with Crippen molar-refractivity contribution >= 4 is 17.2 Å². The molecule has 0 spiro atoms. The molecule has 0 unspecified atom stereocenters. The van der Waals surface area contributed by atoms with Gasteiger partial charge in [0.25, 0.3) is 0 Å². The van der Waals surface area contributed by atoms with E-state index in [4.69, 9.17) is 4.98 Å². The minimum atomic E-state index is 0.130. The van der Waals surface area contributed by atoms with E-state index < -0.39 is 0 Å². The van der Waals surface area contributed by atoms with Gasteiger partial charge < -0.3 is 9.80 Å². The molecule has 0 bridgehead atoms. The van der Waals surface area contributed by atoms with Gasteiger partial charge in [0.2, 0.25) is 0 Å². The number of pyridine rings is 1. The molecule has 3 nitrogen and oxygen atoms in total. The molecule has 0 saturated heterocycles. The molecular formula is C35H31N3. The summed E-state index contributed by atoms with van der Waals surface area (Å²) in [6.07, 6.45) is 2.05. The first-order valence-corrected chi connectivity index (χ1v) is 13.5. The molecule has 0 N–H and O–H groups in total. The maximum Gasteiger partial charge on any atom is 0.158 e. The summed E-state index contributed by atoms with van der Waals surface area (Å²) in [5.41, 5.74) is 13.8. The van der Waals surface area contributed by atoms with Gasteiger partial charge in [0.15, 0.2) is 5.82 Å². The first-order valence-electron chi connectivity index (χ1n) is 13.5. The second kappa shape index (κ2) is 8.59. The number of aryl methyl sites for hydroxylation is 1. The van der Waals surface area contributed by atoms with Crippen molar-refractivity contribution in [1.29, 1.82) is 0 Å². The molecule has 5 aromatic rings. The van der Waals surface area contributed by atoms with Crippen molar-refractivity contribution in [2.75, 3.05) is 9.80 Å². The predicted molar refractivity (Wildman–Crippen MR) is 160 cm³/mol. The normalized spacial score (nSPS) is 15.2. The average molecular weight is 494 g/mol. The number of aromatic nitrogens is 1. The van der Waals surface area contributed by atoms with E-state index in [1.54, 1.807) is 0 Å². The first-order chi connectivity index (χ1) is 18.6. The van der Waals surface area contributed by atoms with Gasteiger partial charge >= 0.3 is 0 Å². The Balaban J connectivity index is 1.62. The van der Waals surface area contributed by atoms with Crippen LogP contribution in [0.5, 0.6) is 0 Å². The fourth-order valence-corrected chi connectivity index (χ4v) is 6.63. The summed E-state index contributed by atoms with van der Waals surface area (Å²) >= 11 is 0. The van der Waals surface area contributed by atoms with E-state index >= 15 is 0 Å². The SMILES string of the molecule is Cc1ccc2c(c1N1c3ncccc3N(C(C)C)[C@@H]1C)-c1ccccc1-c1ccccc1-c1ccccc1-2. The number of hydrogen-bond acceptors (Lipinski definition) is 3. The van der Waals surface area contributed by atoms with E-state index in [0.29, 0.717) is 6.04 Å². The zero-order chi connectivity index (χ0) is 26.0. The minimum absolute atomic E-state index is 0.130. The predicted octanol–water partition coefficient (Wildman–Crippen LogP) is 9.08. The van der Waals surface area contributed by atoms with Crippen molar-refractivity contribution in [3.63, 3.8) is 0 Å². The molecular weight excluding hydrogens is 462 g/mol. The van der Waals surface area contributed by atoms with E-state index in [1.807, 2.05) is 6.20 Å². The Hall–Kier alpha value is -4.37. The number of rotatable bonds is 2. The molecule has 0 saturated carbocycles. The van der Waals surface area contributed by atoms with Gasteiger partial charge in [-0.2, -0.15) is 0 Å². The fraction of sp³-hybridized carbons (Fsp3) is 0.171. The summed E-state index contributed by atoms with van der Waals surface area (Å²) in [6, 6.07) is 35.8. The van der Waals surface area contributed by atoms with Crippen LogP contribution in [-0.4, -0.2) is 17.2 Å². The van der Waals surface area contributed by atoms with Crippen LogP contribution in [0.1, 0.15) is 26.3 Å². The lowest BCUT2D eigenvalue weighted by Gasteiger charge is -2.35. The molecule has 0 amide bonds. The van der Waals surface area contributed by atoms with Crippen LogP contribution in [0.3, 0.4) is 0 Å². The molecule has 0 fully saturated rings. The second-order valence-corrected chi connectivity index (χ2v) is 10.6. The van der Waals surface area contributed by atoms with Gasteiger partial charge in [-0.25, -0.2) is 4.98 Å². The van der Waals surface area contributed by atoms with Crippen molar-refractivity contribution in [1.82, 2.24) is 4.98 Å². The van der Waals surface area contributed by atoms with Crippen LogP contribution < -0.4 is 9.80 Å². The van der Waals surface area contributed by atoms with E-state index in [1.165, 1.54) is 61.4 Å². The van der Waals surface area contributed by atoms with Crippen LogP contribution in [-0.2, 0) is 0 Å². The second-order valence-electron chi connectivity index (χ2n) is 10.6. The number of nitrogens with zero attached hydrogens (tertiary/aromatic N) is 3. The number of anilines is 3. The van der Waals surface area contributed by atoms with Gasteiger partial charge in [-0.15, -0.1) is 0 Å². The van der Waals surface area contributed by atoms with Gasteiger partial charge in [0, 0.05) is 17.8 Å². The smallest absolute Gasteiger partial charge is 0.158 e. The van der Waals surface area contributed by atoms with Crippen LogP contribution in [0.2, 0.25) is 0 Å². The molecule has 1 aliphatic heterocycles. The Morgan fingerprint density at radius 2 is 1.16 bits per heavy atom. The van der Waals surface area contributed by atoms with E-state index in [9.17, 15) is 0 Å². The Morgan fingerprint density at radius 1 is 0.632 bits per heavy atom. The molecule has 1 aliphatic carbocycles. The average Bonchev–Trinajstić information content (AvgIpc) is 3.24. The van der Waals surface area contributed by atoms with Gasteiger partial charge in [0.05, 0.1) is 11.4 Å². The molecule has 0 radical (unpaired) electrons. The monoisotopic (exact) mass is 493 g/mol. The van der Waals surface area contributed by atoms with Gasteiger partial charge in [-0.05, 0) is 84.3 Å². The van der Waals surface area contributed by atoms with Crippen LogP contribution in [0, 0.1) is 6.92 Å². The van der Waals surface area contributed by atoms with Crippen molar-refractivity contribution < 1.29 is 0 Å². The van der Waals surface area contributed by atoms with Crippen LogP contribution in [0.25, 0.3) is 44.5 Å². The minimum Gasteiger partial charge on any atom is -0.346 e. The van der Waals surface area contributed by atoms with Crippen LogP contribution >= 0.6 is 0 Å². The molecule has 1 atom stereocenters. The summed E-state index contributed by atoms with van der Waals surface area (Å²) in [7, 11) is 0. The highest BCUT2D eigenvalue weighted by Gasteiger charge is 2.39. The Labute approximate surface area is 225 Å². The van der Waals surface area contributed by atoms with Crippen molar-refractivity contribution in [3.05, 3.63) is 109 Å². The standard InChI is InChI=1S/C35H31N3/c1-22(2)37-24(4)38(35-32(37)18-11-21-36-35)34-23(3)19-20-31-29-16-8-7-14-27(29)25-12-5-6-13-26(25)28-15-9-10-17-30(28)33(31)34/h5-22,24H,1-4H3/t24-/m0/s1. The third kappa shape index (κ3) is 3.18. The Bertz CT molecular complexity index is 1690. The molecule has 4 aromatic carbocycles. The quantitative estimate of drug-likeness (QED) is 0.240. The summed E-state index contributed by atoms with van der Waals surface area (Å²) < 4.78 is 0. The fourth-order valence-electron chi connectivity index (χ4n) is 6.63. The number of benzene rings is 4.